The highest BCUT2D eigenvalue weighted by Crippen LogP contribution is 2.20. The first-order valence-electron chi connectivity index (χ1n) is 6.08. The first-order chi connectivity index (χ1) is 9.14. The van der Waals surface area contributed by atoms with Gasteiger partial charge in [0.2, 0.25) is 0 Å². The summed E-state index contributed by atoms with van der Waals surface area (Å²) in [5.74, 6) is 0. The van der Waals surface area contributed by atoms with E-state index in [0.29, 0.717) is 23.7 Å². The minimum atomic E-state index is -3.35. The van der Waals surface area contributed by atoms with Gasteiger partial charge in [-0.2, -0.15) is 4.31 Å². The van der Waals surface area contributed by atoms with E-state index in [1.54, 1.807) is 23.7 Å². The van der Waals surface area contributed by atoms with Crippen LogP contribution in [0.4, 0.5) is 0 Å². The Morgan fingerprint density at radius 3 is 2.68 bits per heavy atom. The number of hydrogen-bond donors (Lipinski definition) is 0. The predicted octanol–water partition coefficient (Wildman–Crippen LogP) is 2.40. The molecule has 0 spiro atoms. The molecule has 0 saturated heterocycles. The van der Waals surface area contributed by atoms with Gasteiger partial charge in [-0.25, -0.2) is 8.42 Å². The summed E-state index contributed by atoms with van der Waals surface area (Å²) in [6.45, 7) is 2.77. The largest absolute Gasteiger partial charge is 0.261 e. The van der Waals surface area contributed by atoms with Crippen molar-refractivity contribution < 1.29 is 8.42 Å². The fraction of sp³-hybridized carbons (Fsp3) is 0.308. The van der Waals surface area contributed by atoms with Crippen molar-refractivity contribution in [1.29, 1.82) is 0 Å². The fourth-order valence-corrected chi connectivity index (χ4v) is 4.37. The molecule has 0 aliphatic rings. The van der Waals surface area contributed by atoms with Crippen LogP contribution in [0.1, 0.15) is 12.6 Å². The highest BCUT2D eigenvalue weighted by molar-refractivity contribution is 7.91. The normalized spacial score (nSPS) is 11.9. The van der Waals surface area contributed by atoms with E-state index in [1.807, 2.05) is 25.1 Å². The zero-order valence-corrected chi connectivity index (χ0v) is 12.3. The van der Waals surface area contributed by atoms with E-state index in [-0.39, 0.29) is 0 Å². The van der Waals surface area contributed by atoms with Crippen LogP contribution in [-0.2, 0) is 16.4 Å². The number of hydrogen-bond acceptors (Lipinski definition) is 4. The SMILES string of the molecule is CCN(CCc1ccccn1)S(=O)(=O)c1cccs1. The van der Waals surface area contributed by atoms with Crippen LogP contribution in [0.3, 0.4) is 0 Å². The van der Waals surface area contributed by atoms with Crippen molar-refractivity contribution in [3.8, 4) is 0 Å². The van der Waals surface area contributed by atoms with Crippen LogP contribution < -0.4 is 0 Å². The monoisotopic (exact) mass is 296 g/mol. The second-order valence-corrected chi connectivity index (χ2v) is 7.11. The average molecular weight is 296 g/mol. The van der Waals surface area contributed by atoms with E-state index in [4.69, 9.17) is 0 Å². The van der Waals surface area contributed by atoms with Crippen molar-refractivity contribution in [2.75, 3.05) is 13.1 Å². The highest BCUT2D eigenvalue weighted by atomic mass is 32.2. The molecule has 4 nitrogen and oxygen atoms in total. The van der Waals surface area contributed by atoms with Crippen LogP contribution in [0.2, 0.25) is 0 Å². The van der Waals surface area contributed by atoms with Gasteiger partial charge in [0.1, 0.15) is 4.21 Å². The molecule has 0 bridgehead atoms. The summed E-state index contributed by atoms with van der Waals surface area (Å²) >= 11 is 1.25. The third-order valence-electron chi connectivity index (χ3n) is 2.79. The van der Waals surface area contributed by atoms with E-state index in [2.05, 4.69) is 4.98 Å². The third-order valence-corrected chi connectivity index (χ3v) is 6.13. The molecule has 0 amide bonds. The molecule has 102 valence electrons. The zero-order chi connectivity index (χ0) is 13.7. The highest BCUT2D eigenvalue weighted by Gasteiger charge is 2.23. The zero-order valence-electron chi connectivity index (χ0n) is 10.7. The van der Waals surface area contributed by atoms with E-state index >= 15 is 0 Å². The molecule has 2 aromatic heterocycles. The quantitative estimate of drug-likeness (QED) is 0.822. The number of nitrogens with zero attached hydrogens (tertiary/aromatic N) is 2. The number of aromatic nitrogens is 1. The molecule has 2 heterocycles. The molecule has 0 aliphatic carbocycles. The Balaban J connectivity index is 2.09. The van der Waals surface area contributed by atoms with Crippen LogP contribution in [-0.4, -0.2) is 30.8 Å². The van der Waals surface area contributed by atoms with Crippen LogP contribution in [0.15, 0.2) is 46.1 Å². The molecule has 6 heteroatoms. The van der Waals surface area contributed by atoms with Gasteiger partial charge in [0.15, 0.2) is 0 Å². The smallest absolute Gasteiger partial charge is 0.252 e. The summed E-state index contributed by atoms with van der Waals surface area (Å²) in [6.07, 6.45) is 2.35. The lowest BCUT2D eigenvalue weighted by molar-refractivity contribution is 0.431. The minimum Gasteiger partial charge on any atom is -0.261 e. The maximum absolute atomic E-state index is 12.4. The maximum Gasteiger partial charge on any atom is 0.252 e. The van der Waals surface area contributed by atoms with Gasteiger partial charge in [-0.05, 0) is 23.6 Å². The van der Waals surface area contributed by atoms with Gasteiger partial charge in [-0.3, -0.25) is 4.98 Å². The Bertz CT molecular complexity index is 595. The maximum atomic E-state index is 12.4. The van der Waals surface area contributed by atoms with Crippen molar-refractivity contribution in [2.45, 2.75) is 17.6 Å². The molecular weight excluding hydrogens is 280 g/mol. The fourth-order valence-electron chi connectivity index (χ4n) is 1.77. The molecule has 0 atom stereocenters. The van der Waals surface area contributed by atoms with Gasteiger partial charge in [0.25, 0.3) is 10.0 Å². The Kier molecular flexibility index (Phi) is 4.68. The van der Waals surface area contributed by atoms with E-state index in [0.717, 1.165) is 5.69 Å². The van der Waals surface area contributed by atoms with Crippen molar-refractivity contribution in [3.63, 3.8) is 0 Å². The summed E-state index contributed by atoms with van der Waals surface area (Å²) in [4.78, 5) is 4.21. The topological polar surface area (TPSA) is 50.3 Å². The number of sulfonamides is 1. The van der Waals surface area contributed by atoms with Gasteiger partial charge in [0, 0.05) is 31.4 Å². The lowest BCUT2D eigenvalue weighted by atomic mass is 10.3. The summed E-state index contributed by atoms with van der Waals surface area (Å²) in [5.41, 5.74) is 0.905. The summed E-state index contributed by atoms with van der Waals surface area (Å²) < 4.78 is 26.6. The van der Waals surface area contributed by atoms with Crippen LogP contribution in [0.5, 0.6) is 0 Å². The van der Waals surface area contributed by atoms with Crippen molar-refractivity contribution in [2.24, 2.45) is 0 Å². The van der Waals surface area contributed by atoms with Crippen molar-refractivity contribution in [3.05, 3.63) is 47.6 Å². The van der Waals surface area contributed by atoms with Gasteiger partial charge < -0.3 is 0 Å². The standard InChI is InChI=1S/C13H16N2O2S2/c1-2-15(10-8-12-6-3-4-9-14-12)19(16,17)13-7-5-11-18-13/h3-7,9,11H,2,8,10H2,1H3. The molecule has 0 fully saturated rings. The predicted molar refractivity (Wildman–Crippen MR) is 76.7 cm³/mol. The summed E-state index contributed by atoms with van der Waals surface area (Å²) in [7, 11) is -3.35. The molecule has 2 aromatic rings. The first kappa shape index (κ1) is 14.2. The molecule has 0 N–H and O–H groups in total. The van der Waals surface area contributed by atoms with Gasteiger partial charge in [0.05, 0.1) is 0 Å². The number of likely N-dealkylation sites (N-methyl/N-ethyl adjacent to an activating group) is 1. The lowest BCUT2D eigenvalue weighted by Crippen LogP contribution is -2.32. The Hall–Kier alpha value is -1.24. The second kappa shape index (κ2) is 6.27. The van der Waals surface area contributed by atoms with E-state index in [9.17, 15) is 8.42 Å². The van der Waals surface area contributed by atoms with Crippen LogP contribution >= 0.6 is 11.3 Å². The third kappa shape index (κ3) is 3.40. The van der Waals surface area contributed by atoms with Crippen molar-refractivity contribution in [1.82, 2.24) is 9.29 Å². The molecule has 0 radical (unpaired) electrons. The molecule has 0 saturated carbocycles. The van der Waals surface area contributed by atoms with E-state index < -0.39 is 10.0 Å². The lowest BCUT2D eigenvalue weighted by Gasteiger charge is -2.19. The Morgan fingerprint density at radius 2 is 2.11 bits per heavy atom. The summed E-state index contributed by atoms with van der Waals surface area (Å²) in [6, 6.07) is 9.06. The number of pyridine rings is 1. The molecule has 0 unspecified atom stereocenters. The Labute approximate surface area is 117 Å². The van der Waals surface area contributed by atoms with Crippen LogP contribution in [0.25, 0.3) is 0 Å². The second-order valence-electron chi connectivity index (χ2n) is 4.00. The number of thiophene rings is 1. The van der Waals surface area contributed by atoms with Gasteiger partial charge in [-0.15, -0.1) is 11.3 Å². The molecule has 0 aromatic carbocycles. The molecule has 19 heavy (non-hydrogen) atoms. The number of rotatable bonds is 6. The average Bonchev–Trinajstić information content (AvgIpc) is 2.95. The minimum absolute atomic E-state index is 0.398. The molecule has 0 aliphatic heterocycles. The van der Waals surface area contributed by atoms with Gasteiger partial charge in [-0.1, -0.05) is 19.1 Å². The van der Waals surface area contributed by atoms with Crippen molar-refractivity contribution >= 4 is 21.4 Å². The van der Waals surface area contributed by atoms with E-state index in [1.165, 1.54) is 15.6 Å². The first-order valence-corrected chi connectivity index (χ1v) is 8.40. The molecule has 2 rings (SSSR count). The van der Waals surface area contributed by atoms with Crippen LogP contribution in [0, 0.1) is 0 Å². The van der Waals surface area contributed by atoms with Gasteiger partial charge >= 0.3 is 0 Å². The Morgan fingerprint density at radius 1 is 1.26 bits per heavy atom. The molecular formula is C13H16N2O2S2. The summed E-state index contributed by atoms with van der Waals surface area (Å²) in [5, 5.41) is 1.78.